The standard InChI is InChI=1S/C17H19N3O6S/c1-3-10-18-27(24,25)14-7-5-13(6-8-14)19-17(21)12-4-9-16(26-2)15(11-12)20(22)23/h4-9,11,18H,3,10H2,1-2H3,(H,19,21). The second kappa shape index (κ2) is 8.60. The summed E-state index contributed by atoms with van der Waals surface area (Å²) in [4.78, 5) is 22.8. The Morgan fingerprint density at radius 2 is 1.85 bits per heavy atom. The average Bonchev–Trinajstić information content (AvgIpc) is 2.66. The van der Waals surface area contributed by atoms with E-state index in [-0.39, 0.29) is 21.9 Å². The fraction of sp³-hybridized carbons (Fsp3) is 0.235. The number of sulfonamides is 1. The van der Waals surface area contributed by atoms with Crippen LogP contribution in [0.2, 0.25) is 0 Å². The second-order valence-electron chi connectivity index (χ2n) is 5.52. The molecule has 2 aromatic carbocycles. The van der Waals surface area contributed by atoms with Crippen LogP contribution in [0.1, 0.15) is 23.7 Å². The first-order chi connectivity index (χ1) is 12.8. The molecule has 9 nitrogen and oxygen atoms in total. The molecule has 0 bridgehead atoms. The summed E-state index contributed by atoms with van der Waals surface area (Å²) >= 11 is 0. The van der Waals surface area contributed by atoms with Crippen molar-refractivity contribution in [1.82, 2.24) is 4.72 Å². The van der Waals surface area contributed by atoms with Gasteiger partial charge in [0.15, 0.2) is 5.75 Å². The molecule has 0 aliphatic rings. The van der Waals surface area contributed by atoms with Gasteiger partial charge in [-0.15, -0.1) is 0 Å². The number of nitro groups is 1. The summed E-state index contributed by atoms with van der Waals surface area (Å²) in [6, 6.07) is 9.46. The Labute approximate surface area is 156 Å². The van der Waals surface area contributed by atoms with E-state index < -0.39 is 20.9 Å². The van der Waals surface area contributed by atoms with E-state index in [1.165, 1.54) is 43.5 Å². The molecule has 0 unspecified atom stereocenters. The van der Waals surface area contributed by atoms with Gasteiger partial charge in [-0.3, -0.25) is 14.9 Å². The zero-order valence-corrected chi connectivity index (χ0v) is 15.6. The van der Waals surface area contributed by atoms with Gasteiger partial charge in [-0.2, -0.15) is 0 Å². The number of benzene rings is 2. The maximum Gasteiger partial charge on any atom is 0.311 e. The summed E-state index contributed by atoms with van der Waals surface area (Å²) in [5.74, 6) is -0.522. The molecule has 0 aliphatic heterocycles. The number of amides is 1. The van der Waals surface area contributed by atoms with Gasteiger partial charge in [0.1, 0.15) is 0 Å². The van der Waals surface area contributed by atoms with Crippen LogP contribution in [0.25, 0.3) is 0 Å². The molecule has 0 fully saturated rings. The molecule has 0 aromatic heterocycles. The fourth-order valence-corrected chi connectivity index (χ4v) is 3.35. The van der Waals surface area contributed by atoms with Crippen molar-refractivity contribution in [2.45, 2.75) is 18.2 Å². The summed E-state index contributed by atoms with van der Waals surface area (Å²) in [5, 5.41) is 13.6. The first-order valence-corrected chi connectivity index (χ1v) is 9.50. The number of carbonyl (C=O) groups excluding carboxylic acids is 1. The summed E-state index contributed by atoms with van der Waals surface area (Å²) in [5.41, 5.74) is 0.102. The molecule has 2 N–H and O–H groups in total. The van der Waals surface area contributed by atoms with Crippen molar-refractivity contribution in [1.29, 1.82) is 0 Å². The fourth-order valence-electron chi connectivity index (χ4n) is 2.21. The van der Waals surface area contributed by atoms with Crippen LogP contribution >= 0.6 is 0 Å². The zero-order chi connectivity index (χ0) is 20.0. The third-order valence-corrected chi connectivity index (χ3v) is 5.08. The van der Waals surface area contributed by atoms with Crippen molar-refractivity contribution in [3.63, 3.8) is 0 Å². The van der Waals surface area contributed by atoms with Crippen molar-refractivity contribution >= 4 is 27.3 Å². The minimum Gasteiger partial charge on any atom is -0.490 e. The highest BCUT2D eigenvalue weighted by atomic mass is 32.2. The monoisotopic (exact) mass is 393 g/mol. The van der Waals surface area contributed by atoms with E-state index in [1.54, 1.807) is 0 Å². The first kappa shape index (κ1) is 20.3. The van der Waals surface area contributed by atoms with Crippen molar-refractivity contribution in [2.75, 3.05) is 19.0 Å². The molecular weight excluding hydrogens is 374 g/mol. The van der Waals surface area contributed by atoms with E-state index >= 15 is 0 Å². The number of hydrogen-bond donors (Lipinski definition) is 2. The zero-order valence-electron chi connectivity index (χ0n) is 14.8. The number of nitrogens with one attached hydrogen (secondary N) is 2. The summed E-state index contributed by atoms with van der Waals surface area (Å²) in [6.45, 7) is 2.18. The molecule has 27 heavy (non-hydrogen) atoms. The largest absolute Gasteiger partial charge is 0.490 e. The van der Waals surface area contributed by atoms with Gasteiger partial charge >= 0.3 is 5.69 Å². The number of nitro benzene ring substituents is 1. The highest BCUT2D eigenvalue weighted by molar-refractivity contribution is 7.89. The maximum absolute atomic E-state index is 12.3. The van der Waals surface area contributed by atoms with Gasteiger partial charge < -0.3 is 10.1 Å². The Balaban J connectivity index is 2.17. The molecule has 0 saturated carbocycles. The lowest BCUT2D eigenvalue weighted by Gasteiger charge is -2.09. The molecule has 2 aromatic rings. The lowest BCUT2D eigenvalue weighted by molar-refractivity contribution is -0.385. The number of nitrogens with zero attached hydrogens (tertiary/aromatic N) is 1. The Kier molecular flexibility index (Phi) is 6.48. The van der Waals surface area contributed by atoms with Crippen molar-refractivity contribution in [2.24, 2.45) is 0 Å². The van der Waals surface area contributed by atoms with Crippen LogP contribution in [0, 0.1) is 10.1 Å². The number of rotatable bonds is 8. The summed E-state index contributed by atoms with van der Waals surface area (Å²) in [6.07, 6.45) is 0.668. The van der Waals surface area contributed by atoms with E-state index in [0.29, 0.717) is 18.7 Å². The lowest BCUT2D eigenvalue weighted by Crippen LogP contribution is -2.24. The average molecular weight is 393 g/mol. The molecule has 2 rings (SSSR count). The molecule has 0 spiro atoms. The van der Waals surface area contributed by atoms with Gasteiger partial charge in [-0.1, -0.05) is 6.92 Å². The van der Waals surface area contributed by atoms with Gasteiger partial charge in [0.2, 0.25) is 10.0 Å². The van der Waals surface area contributed by atoms with E-state index in [0.717, 1.165) is 6.07 Å². The maximum atomic E-state index is 12.3. The van der Waals surface area contributed by atoms with Gasteiger partial charge in [0.05, 0.1) is 16.9 Å². The number of anilines is 1. The number of ether oxygens (including phenoxy) is 1. The molecule has 0 atom stereocenters. The summed E-state index contributed by atoms with van der Waals surface area (Å²) in [7, 11) is -2.30. The van der Waals surface area contributed by atoms with Gasteiger partial charge in [0, 0.05) is 23.9 Å². The summed E-state index contributed by atoms with van der Waals surface area (Å²) < 4.78 is 31.4. The van der Waals surface area contributed by atoms with Crippen molar-refractivity contribution < 1.29 is 22.9 Å². The Bertz CT molecular complexity index is 942. The Morgan fingerprint density at radius 1 is 1.19 bits per heavy atom. The van der Waals surface area contributed by atoms with Crippen LogP contribution < -0.4 is 14.8 Å². The van der Waals surface area contributed by atoms with E-state index in [2.05, 4.69) is 10.0 Å². The SMILES string of the molecule is CCCNS(=O)(=O)c1ccc(NC(=O)c2ccc(OC)c([N+](=O)[O-])c2)cc1. The van der Waals surface area contributed by atoms with E-state index in [9.17, 15) is 23.3 Å². The van der Waals surface area contributed by atoms with Crippen LogP contribution in [0.4, 0.5) is 11.4 Å². The van der Waals surface area contributed by atoms with Crippen LogP contribution in [-0.2, 0) is 10.0 Å². The minimum absolute atomic E-state index is 0.0469. The van der Waals surface area contributed by atoms with E-state index in [4.69, 9.17) is 4.74 Å². The molecule has 1 amide bonds. The molecule has 10 heteroatoms. The van der Waals surface area contributed by atoms with Crippen LogP contribution in [0.15, 0.2) is 47.4 Å². The van der Waals surface area contributed by atoms with Crippen LogP contribution in [0.3, 0.4) is 0 Å². The van der Waals surface area contributed by atoms with Crippen molar-refractivity contribution in [3.8, 4) is 5.75 Å². The van der Waals surface area contributed by atoms with Gasteiger partial charge in [-0.25, -0.2) is 13.1 Å². The molecular formula is C17H19N3O6S. The first-order valence-electron chi connectivity index (χ1n) is 8.02. The van der Waals surface area contributed by atoms with Crippen LogP contribution in [-0.4, -0.2) is 32.9 Å². The third kappa shape index (κ3) is 5.02. The van der Waals surface area contributed by atoms with Crippen molar-refractivity contribution in [3.05, 3.63) is 58.1 Å². The van der Waals surface area contributed by atoms with Gasteiger partial charge in [0.25, 0.3) is 5.91 Å². The quantitative estimate of drug-likeness (QED) is 0.524. The molecule has 144 valence electrons. The van der Waals surface area contributed by atoms with E-state index in [1.807, 2.05) is 6.92 Å². The molecule has 0 heterocycles. The third-order valence-electron chi connectivity index (χ3n) is 3.60. The predicted octanol–water partition coefficient (Wildman–Crippen LogP) is 2.54. The Morgan fingerprint density at radius 3 is 2.41 bits per heavy atom. The molecule has 0 aliphatic carbocycles. The minimum atomic E-state index is -3.59. The normalized spacial score (nSPS) is 11.0. The Hall–Kier alpha value is -2.98. The highest BCUT2D eigenvalue weighted by Gasteiger charge is 2.18. The molecule has 0 radical (unpaired) electrons. The van der Waals surface area contributed by atoms with Crippen LogP contribution in [0.5, 0.6) is 5.75 Å². The van der Waals surface area contributed by atoms with Gasteiger partial charge in [-0.05, 0) is 42.8 Å². The predicted molar refractivity (Wildman–Crippen MR) is 99.5 cm³/mol. The highest BCUT2D eigenvalue weighted by Crippen LogP contribution is 2.28. The molecule has 0 saturated heterocycles. The lowest BCUT2D eigenvalue weighted by atomic mass is 10.1. The number of carbonyl (C=O) groups is 1. The smallest absolute Gasteiger partial charge is 0.311 e. The number of hydrogen-bond acceptors (Lipinski definition) is 6. The second-order valence-corrected chi connectivity index (χ2v) is 7.29. The number of methoxy groups -OCH3 is 1. The topological polar surface area (TPSA) is 128 Å².